The normalized spacial score (nSPS) is 11.3. The zero-order valence-electron chi connectivity index (χ0n) is 8.86. The molecule has 0 aromatic carbocycles. The average molecular weight is 226 g/mol. The van der Waals surface area contributed by atoms with Gasteiger partial charge < -0.3 is 4.42 Å². The summed E-state index contributed by atoms with van der Waals surface area (Å²) in [5, 5.41) is 4.95. The smallest absolute Gasteiger partial charge is 0.246 e. The van der Waals surface area contributed by atoms with Crippen LogP contribution < -0.4 is 0 Å². The lowest BCUT2D eigenvalue weighted by atomic mass is 10.3. The monoisotopic (exact) mass is 225 g/mol. The number of halogens is 1. The highest BCUT2D eigenvalue weighted by molar-refractivity contribution is 6.33. The fraction of sp³-hybridized carbons (Fsp3) is 0.400. The quantitative estimate of drug-likeness (QED) is 0.789. The van der Waals surface area contributed by atoms with Crippen molar-refractivity contribution < 1.29 is 4.42 Å². The van der Waals surface area contributed by atoms with Crippen molar-refractivity contribution in [1.82, 2.24) is 14.8 Å². The molecule has 0 aliphatic rings. The van der Waals surface area contributed by atoms with Gasteiger partial charge in [-0.3, -0.25) is 4.68 Å². The Morgan fingerprint density at radius 2 is 2.20 bits per heavy atom. The third-order valence-electron chi connectivity index (χ3n) is 2.14. The molecule has 15 heavy (non-hydrogen) atoms. The van der Waals surface area contributed by atoms with Crippen molar-refractivity contribution in [2.75, 3.05) is 0 Å². The van der Waals surface area contributed by atoms with E-state index in [4.69, 9.17) is 16.0 Å². The van der Waals surface area contributed by atoms with E-state index in [1.807, 2.05) is 25.5 Å². The lowest BCUT2D eigenvalue weighted by molar-refractivity contribution is 0.511. The largest absolute Gasteiger partial charge is 0.443 e. The number of aromatic nitrogens is 3. The maximum absolute atomic E-state index is 6.17. The van der Waals surface area contributed by atoms with E-state index in [0.717, 1.165) is 11.4 Å². The molecule has 0 amide bonds. The van der Waals surface area contributed by atoms with Gasteiger partial charge in [-0.2, -0.15) is 5.10 Å². The summed E-state index contributed by atoms with van der Waals surface area (Å²) in [6.45, 7) is 5.94. The Hall–Kier alpha value is -1.29. The average Bonchev–Trinajstić information content (AvgIpc) is 2.76. The number of rotatable bonds is 2. The standard InChI is InChI=1S/C10H12ClN3O/c1-6(2)14-9(8(11)7(3)13-14)10-12-4-5-15-10/h4-6H,1-3H3. The third kappa shape index (κ3) is 1.65. The van der Waals surface area contributed by atoms with Crippen LogP contribution in [0.4, 0.5) is 0 Å². The van der Waals surface area contributed by atoms with E-state index in [9.17, 15) is 0 Å². The molecule has 0 saturated heterocycles. The summed E-state index contributed by atoms with van der Waals surface area (Å²) in [6, 6.07) is 0.220. The molecule has 0 spiro atoms. The van der Waals surface area contributed by atoms with Crippen molar-refractivity contribution in [2.45, 2.75) is 26.8 Å². The predicted molar refractivity (Wildman–Crippen MR) is 57.9 cm³/mol. The minimum absolute atomic E-state index is 0.220. The van der Waals surface area contributed by atoms with Crippen LogP contribution in [-0.2, 0) is 0 Å². The van der Waals surface area contributed by atoms with E-state index in [0.29, 0.717) is 10.9 Å². The number of hydrogen-bond acceptors (Lipinski definition) is 3. The number of nitrogens with zero attached hydrogens (tertiary/aromatic N) is 3. The van der Waals surface area contributed by atoms with E-state index in [2.05, 4.69) is 10.1 Å². The van der Waals surface area contributed by atoms with E-state index in [1.165, 1.54) is 6.26 Å². The van der Waals surface area contributed by atoms with Crippen LogP contribution in [0, 0.1) is 6.92 Å². The lowest BCUT2D eigenvalue weighted by Gasteiger charge is -2.08. The van der Waals surface area contributed by atoms with Crippen LogP contribution in [-0.4, -0.2) is 14.8 Å². The van der Waals surface area contributed by atoms with Crippen molar-refractivity contribution in [1.29, 1.82) is 0 Å². The second kappa shape index (κ2) is 3.70. The number of hydrogen-bond donors (Lipinski definition) is 0. The maximum atomic E-state index is 6.17. The van der Waals surface area contributed by atoms with Crippen LogP contribution in [0.2, 0.25) is 5.02 Å². The molecule has 2 aromatic heterocycles. The molecule has 0 unspecified atom stereocenters. The van der Waals surface area contributed by atoms with Crippen molar-refractivity contribution >= 4 is 11.6 Å². The van der Waals surface area contributed by atoms with Crippen molar-refractivity contribution in [3.05, 3.63) is 23.2 Å². The van der Waals surface area contributed by atoms with Gasteiger partial charge in [0.1, 0.15) is 12.0 Å². The van der Waals surface area contributed by atoms with E-state index in [1.54, 1.807) is 6.20 Å². The van der Waals surface area contributed by atoms with Crippen LogP contribution in [0.15, 0.2) is 16.9 Å². The lowest BCUT2D eigenvalue weighted by Crippen LogP contribution is -2.05. The van der Waals surface area contributed by atoms with Gasteiger partial charge in [-0.15, -0.1) is 0 Å². The molecule has 2 aromatic rings. The Morgan fingerprint density at radius 1 is 1.47 bits per heavy atom. The second-order valence-corrected chi connectivity index (χ2v) is 4.00. The molecular formula is C10H12ClN3O. The minimum Gasteiger partial charge on any atom is -0.443 e. The van der Waals surface area contributed by atoms with Gasteiger partial charge in [0.05, 0.1) is 16.9 Å². The highest BCUT2D eigenvalue weighted by Crippen LogP contribution is 2.31. The molecule has 0 saturated carbocycles. The summed E-state index contributed by atoms with van der Waals surface area (Å²) in [6.07, 6.45) is 3.12. The van der Waals surface area contributed by atoms with Crippen LogP contribution in [0.3, 0.4) is 0 Å². The van der Waals surface area contributed by atoms with Gasteiger partial charge in [-0.25, -0.2) is 4.98 Å². The molecule has 2 rings (SSSR count). The van der Waals surface area contributed by atoms with E-state index in [-0.39, 0.29) is 6.04 Å². The Kier molecular flexibility index (Phi) is 2.52. The molecule has 0 bridgehead atoms. The van der Waals surface area contributed by atoms with Crippen molar-refractivity contribution in [3.63, 3.8) is 0 Å². The molecule has 0 aliphatic carbocycles. The SMILES string of the molecule is Cc1nn(C(C)C)c(-c2ncco2)c1Cl. The Labute approximate surface area is 92.9 Å². The molecule has 0 N–H and O–H groups in total. The summed E-state index contributed by atoms with van der Waals surface area (Å²) < 4.78 is 7.07. The fourth-order valence-corrected chi connectivity index (χ4v) is 1.64. The van der Waals surface area contributed by atoms with E-state index >= 15 is 0 Å². The first-order valence-electron chi connectivity index (χ1n) is 4.75. The Bertz CT molecular complexity index is 459. The van der Waals surface area contributed by atoms with Crippen molar-refractivity contribution in [3.8, 4) is 11.6 Å². The summed E-state index contributed by atoms with van der Waals surface area (Å²) in [5.41, 5.74) is 1.53. The summed E-state index contributed by atoms with van der Waals surface area (Å²) in [4.78, 5) is 4.09. The molecular weight excluding hydrogens is 214 g/mol. The van der Waals surface area contributed by atoms with Gasteiger partial charge in [-0.05, 0) is 20.8 Å². The predicted octanol–water partition coefficient (Wildman–Crippen LogP) is 3.08. The molecule has 0 radical (unpaired) electrons. The zero-order chi connectivity index (χ0) is 11.0. The van der Waals surface area contributed by atoms with Gasteiger partial charge in [0.25, 0.3) is 0 Å². The molecule has 5 heteroatoms. The Balaban J connectivity index is 2.63. The number of oxazole rings is 1. The first kappa shape index (κ1) is 10.2. The Morgan fingerprint density at radius 3 is 2.73 bits per heavy atom. The van der Waals surface area contributed by atoms with Crippen LogP contribution in [0.25, 0.3) is 11.6 Å². The molecule has 0 aliphatic heterocycles. The summed E-state index contributed by atoms with van der Waals surface area (Å²) in [5.74, 6) is 0.509. The van der Waals surface area contributed by atoms with Gasteiger partial charge in [0, 0.05) is 6.04 Å². The second-order valence-electron chi connectivity index (χ2n) is 3.62. The summed E-state index contributed by atoms with van der Waals surface area (Å²) >= 11 is 6.17. The fourth-order valence-electron chi connectivity index (χ4n) is 1.43. The summed E-state index contributed by atoms with van der Waals surface area (Å²) in [7, 11) is 0. The maximum Gasteiger partial charge on any atom is 0.246 e. The van der Waals surface area contributed by atoms with Gasteiger partial charge >= 0.3 is 0 Å². The van der Waals surface area contributed by atoms with Crippen LogP contribution >= 0.6 is 11.6 Å². The highest BCUT2D eigenvalue weighted by atomic mass is 35.5. The third-order valence-corrected chi connectivity index (χ3v) is 2.59. The van der Waals surface area contributed by atoms with E-state index < -0.39 is 0 Å². The zero-order valence-corrected chi connectivity index (χ0v) is 9.62. The van der Waals surface area contributed by atoms with Gasteiger partial charge in [-0.1, -0.05) is 11.6 Å². The van der Waals surface area contributed by atoms with Crippen molar-refractivity contribution in [2.24, 2.45) is 0 Å². The first-order valence-corrected chi connectivity index (χ1v) is 5.13. The van der Waals surface area contributed by atoms with Gasteiger partial charge in [0.15, 0.2) is 0 Å². The molecule has 0 atom stereocenters. The molecule has 80 valence electrons. The highest BCUT2D eigenvalue weighted by Gasteiger charge is 2.20. The number of aryl methyl sites for hydroxylation is 1. The minimum atomic E-state index is 0.220. The van der Waals surface area contributed by atoms with Crippen LogP contribution in [0.1, 0.15) is 25.6 Å². The topological polar surface area (TPSA) is 43.9 Å². The molecule has 2 heterocycles. The van der Waals surface area contributed by atoms with Gasteiger partial charge in [0.2, 0.25) is 5.89 Å². The molecule has 0 fully saturated rings. The first-order chi connectivity index (χ1) is 7.11. The molecule has 4 nitrogen and oxygen atoms in total. The van der Waals surface area contributed by atoms with Crippen LogP contribution in [0.5, 0.6) is 0 Å².